The van der Waals surface area contributed by atoms with Crippen molar-refractivity contribution in [2.75, 3.05) is 13.2 Å². The molecule has 0 atom stereocenters. The van der Waals surface area contributed by atoms with Crippen molar-refractivity contribution in [3.8, 4) is 0 Å². The summed E-state index contributed by atoms with van der Waals surface area (Å²) in [5, 5.41) is 0. The number of carbonyl (C=O) groups is 1. The molecule has 0 bridgehead atoms. The molecule has 0 aromatic heterocycles. The molecule has 0 heterocycles. The molecule has 0 aliphatic carbocycles. The zero-order chi connectivity index (χ0) is 14.7. The fourth-order valence-electron chi connectivity index (χ4n) is 2.00. The third-order valence-electron chi connectivity index (χ3n) is 3.55. The van der Waals surface area contributed by atoms with Crippen molar-refractivity contribution < 1.29 is 14.0 Å². The topological polar surface area (TPSA) is 35.5 Å². The van der Waals surface area contributed by atoms with Gasteiger partial charge in [-0.15, -0.1) is 0 Å². The minimum absolute atomic E-state index is 0.285. The van der Waals surface area contributed by atoms with Crippen LogP contribution in [0.4, 0.5) is 0 Å². The summed E-state index contributed by atoms with van der Waals surface area (Å²) in [4.78, 5) is 11.3. The maximum atomic E-state index is 11.3. The van der Waals surface area contributed by atoms with Gasteiger partial charge in [0.25, 0.3) is 0 Å². The van der Waals surface area contributed by atoms with Gasteiger partial charge >= 0.3 is 5.97 Å². The molecule has 0 aliphatic heterocycles. The highest BCUT2D eigenvalue weighted by atomic mass is 28.4. The quantitative estimate of drug-likeness (QED) is 0.246. The summed E-state index contributed by atoms with van der Waals surface area (Å²) < 4.78 is 11.3. The molecule has 0 amide bonds. The Kier molecular flexibility index (Phi) is 9.88. The third kappa shape index (κ3) is 7.53. The predicted molar refractivity (Wildman–Crippen MR) is 82.8 cm³/mol. The van der Waals surface area contributed by atoms with Crippen LogP contribution in [-0.4, -0.2) is 27.5 Å². The Morgan fingerprint density at radius 3 is 2.21 bits per heavy atom. The van der Waals surface area contributed by atoms with Crippen LogP contribution in [0, 0.1) is 0 Å². The van der Waals surface area contributed by atoms with E-state index in [9.17, 15) is 4.79 Å². The van der Waals surface area contributed by atoms with Crippen molar-refractivity contribution in [2.45, 2.75) is 65.1 Å². The fraction of sp³-hybridized carbons (Fsp3) is 0.800. The molecule has 3 nitrogen and oxygen atoms in total. The summed E-state index contributed by atoms with van der Waals surface area (Å²) >= 11 is 0. The van der Waals surface area contributed by atoms with Crippen molar-refractivity contribution in [2.24, 2.45) is 0 Å². The SMILES string of the molecule is C=C(C)C(=O)OCCC[Si](CC)(CC)OCCCC. The Morgan fingerprint density at radius 2 is 1.74 bits per heavy atom. The normalized spacial score (nSPS) is 11.4. The highest BCUT2D eigenvalue weighted by Gasteiger charge is 2.30. The molecule has 4 heteroatoms. The van der Waals surface area contributed by atoms with Crippen LogP contribution >= 0.6 is 0 Å². The van der Waals surface area contributed by atoms with Gasteiger partial charge in [-0.05, 0) is 37.9 Å². The minimum Gasteiger partial charge on any atom is -0.462 e. The summed E-state index contributed by atoms with van der Waals surface area (Å²) in [6.45, 7) is 13.2. The van der Waals surface area contributed by atoms with Gasteiger partial charge in [0, 0.05) is 12.2 Å². The number of carbonyl (C=O) groups excluding carboxylic acids is 1. The Balaban J connectivity index is 4.06. The van der Waals surface area contributed by atoms with E-state index in [-0.39, 0.29) is 5.97 Å². The third-order valence-corrected chi connectivity index (χ3v) is 8.21. The molecule has 0 unspecified atom stereocenters. The largest absolute Gasteiger partial charge is 0.462 e. The molecule has 0 fully saturated rings. The second-order valence-corrected chi connectivity index (χ2v) is 9.68. The molecular formula is C15H30O3Si. The molecule has 19 heavy (non-hydrogen) atoms. The van der Waals surface area contributed by atoms with Crippen LogP contribution in [0.5, 0.6) is 0 Å². The molecule has 0 saturated heterocycles. The summed E-state index contributed by atoms with van der Waals surface area (Å²) in [6.07, 6.45) is 3.21. The van der Waals surface area contributed by atoms with E-state index in [2.05, 4.69) is 27.4 Å². The lowest BCUT2D eigenvalue weighted by molar-refractivity contribution is -0.138. The lowest BCUT2D eigenvalue weighted by atomic mass is 10.4. The number of unbranched alkanes of at least 4 members (excludes halogenated alkanes) is 1. The average Bonchev–Trinajstić information content (AvgIpc) is 2.41. The first-order valence-corrected chi connectivity index (χ1v) is 10.0. The molecular weight excluding hydrogens is 256 g/mol. The highest BCUT2D eigenvalue weighted by Crippen LogP contribution is 2.24. The van der Waals surface area contributed by atoms with Gasteiger partial charge in [0.05, 0.1) is 6.61 Å². The van der Waals surface area contributed by atoms with E-state index in [1.807, 2.05) is 0 Å². The molecule has 0 aromatic carbocycles. The van der Waals surface area contributed by atoms with Crippen molar-refractivity contribution in [3.05, 3.63) is 12.2 Å². The van der Waals surface area contributed by atoms with Crippen LogP contribution < -0.4 is 0 Å². The van der Waals surface area contributed by atoms with E-state index in [1.165, 1.54) is 6.42 Å². The van der Waals surface area contributed by atoms with Crippen LogP contribution in [0.1, 0.15) is 47.0 Å². The molecule has 0 rings (SSSR count). The van der Waals surface area contributed by atoms with Crippen molar-refractivity contribution >= 4 is 14.3 Å². The first-order valence-electron chi connectivity index (χ1n) is 7.48. The van der Waals surface area contributed by atoms with E-state index in [4.69, 9.17) is 9.16 Å². The smallest absolute Gasteiger partial charge is 0.333 e. The van der Waals surface area contributed by atoms with E-state index < -0.39 is 8.32 Å². The summed E-state index contributed by atoms with van der Waals surface area (Å²) in [5.41, 5.74) is 0.466. The molecule has 0 N–H and O–H groups in total. The van der Waals surface area contributed by atoms with Crippen LogP contribution in [0.15, 0.2) is 12.2 Å². The minimum atomic E-state index is -1.59. The molecule has 0 aliphatic rings. The fourth-order valence-corrected chi connectivity index (χ4v) is 5.12. The van der Waals surface area contributed by atoms with Gasteiger partial charge in [-0.3, -0.25) is 0 Å². The zero-order valence-corrected chi connectivity index (χ0v) is 14.1. The predicted octanol–water partition coefficient (Wildman–Crippen LogP) is 4.30. The molecule has 0 aromatic rings. The molecule has 0 radical (unpaired) electrons. The van der Waals surface area contributed by atoms with Gasteiger partial charge in [0.1, 0.15) is 0 Å². The number of ether oxygens (including phenoxy) is 1. The number of rotatable bonds is 11. The number of hydrogen-bond acceptors (Lipinski definition) is 3. The second-order valence-electron chi connectivity index (χ2n) is 5.11. The van der Waals surface area contributed by atoms with Crippen LogP contribution in [0.2, 0.25) is 18.1 Å². The van der Waals surface area contributed by atoms with Gasteiger partial charge in [-0.2, -0.15) is 0 Å². The Labute approximate surface area is 119 Å². The van der Waals surface area contributed by atoms with Gasteiger partial charge in [0.15, 0.2) is 8.32 Å². The van der Waals surface area contributed by atoms with Gasteiger partial charge < -0.3 is 9.16 Å². The molecule has 0 spiro atoms. The Bertz CT molecular complexity index is 273. The summed E-state index contributed by atoms with van der Waals surface area (Å²) in [5.74, 6) is -0.285. The van der Waals surface area contributed by atoms with Gasteiger partial charge in [0.2, 0.25) is 0 Å². The first-order chi connectivity index (χ1) is 9.01. The van der Waals surface area contributed by atoms with E-state index in [1.54, 1.807) is 6.92 Å². The monoisotopic (exact) mass is 286 g/mol. The van der Waals surface area contributed by atoms with Crippen molar-refractivity contribution in [1.29, 1.82) is 0 Å². The standard InChI is InChI=1S/C15H30O3Si/c1-6-9-12-18-19(7-2,8-3)13-10-11-17-15(16)14(4)5/h4,6-13H2,1-3,5H3. The maximum absolute atomic E-state index is 11.3. The van der Waals surface area contributed by atoms with Crippen molar-refractivity contribution in [1.82, 2.24) is 0 Å². The lowest BCUT2D eigenvalue weighted by Gasteiger charge is -2.29. The Morgan fingerprint density at radius 1 is 1.11 bits per heavy atom. The van der Waals surface area contributed by atoms with Crippen LogP contribution in [-0.2, 0) is 14.0 Å². The lowest BCUT2D eigenvalue weighted by Crippen LogP contribution is -2.37. The Hall–Kier alpha value is -0.613. The summed E-state index contributed by atoms with van der Waals surface area (Å²) in [6, 6.07) is 3.36. The highest BCUT2D eigenvalue weighted by molar-refractivity contribution is 6.73. The maximum Gasteiger partial charge on any atom is 0.333 e. The second kappa shape index (κ2) is 10.2. The number of hydrogen-bond donors (Lipinski definition) is 0. The number of esters is 1. The van der Waals surface area contributed by atoms with Crippen LogP contribution in [0.3, 0.4) is 0 Å². The van der Waals surface area contributed by atoms with E-state index in [0.29, 0.717) is 12.2 Å². The average molecular weight is 286 g/mol. The first kappa shape index (κ1) is 18.4. The van der Waals surface area contributed by atoms with E-state index >= 15 is 0 Å². The van der Waals surface area contributed by atoms with Crippen LogP contribution in [0.25, 0.3) is 0 Å². The van der Waals surface area contributed by atoms with Gasteiger partial charge in [-0.1, -0.05) is 33.8 Å². The summed E-state index contributed by atoms with van der Waals surface area (Å²) in [7, 11) is -1.59. The zero-order valence-electron chi connectivity index (χ0n) is 13.1. The molecule has 112 valence electrons. The molecule has 0 saturated carbocycles. The van der Waals surface area contributed by atoms with Crippen molar-refractivity contribution in [3.63, 3.8) is 0 Å². The van der Waals surface area contributed by atoms with Gasteiger partial charge in [-0.25, -0.2) is 4.79 Å². The van der Waals surface area contributed by atoms with E-state index in [0.717, 1.165) is 37.6 Å².